The van der Waals surface area contributed by atoms with Crippen LogP contribution in [0.2, 0.25) is 0 Å². The maximum Gasteiger partial charge on any atom is 0.471 e. The molecule has 1 saturated carbocycles. The summed E-state index contributed by atoms with van der Waals surface area (Å²) in [6, 6.07) is 3.19. The van der Waals surface area contributed by atoms with Crippen LogP contribution in [-0.2, 0) is 4.79 Å². The molecule has 2 bridgehead atoms. The second-order valence-electron chi connectivity index (χ2n) is 6.94. The minimum absolute atomic E-state index is 0.0601. The van der Waals surface area contributed by atoms with E-state index in [9.17, 15) is 22.8 Å². The molecule has 0 spiro atoms. The van der Waals surface area contributed by atoms with Crippen LogP contribution in [-0.4, -0.2) is 53.2 Å². The van der Waals surface area contributed by atoms with Gasteiger partial charge in [0.05, 0.1) is 30.0 Å². The van der Waals surface area contributed by atoms with Crippen molar-refractivity contribution in [3.8, 4) is 5.75 Å². The Morgan fingerprint density at radius 1 is 1.33 bits per heavy atom. The number of nitrogens with one attached hydrogen (secondary N) is 2. The van der Waals surface area contributed by atoms with Crippen molar-refractivity contribution >= 4 is 22.5 Å². The quantitative estimate of drug-likeness (QED) is 0.845. The molecule has 144 valence electrons. The number of nitrogens with zero attached hydrogens (tertiary/aromatic N) is 2. The van der Waals surface area contributed by atoms with E-state index in [1.54, 1.807) is 12.1 Å². The number of piperidine rings is 2. The van der Waals surface area contributed by atoms with Crippen molar-refractivity contribution in [3.05, 3.63) is 28.8 Å². The average Bonchev–Trinajstić information content (AvgIpc) is 2.64. The van der Waals surface area contributed by atoms with E-state index in [-0.39, 0.29) is 36.5 Å². The first-order valence-electron chi connectivity index (χ1n) is 8.46. The Bertz CT molecular complexity index is 947. The molecule has 2 fully saturated rings. The monoisotopic (exact) mass is 382 g/mol. The normalized spacial score (nSPS) is 24.4. The fourth-order valence-electron chi connectivity index (χ4n) is 4.03. The largest absolute Gasteiger partial charge is 0.495 e. The van der Waals surface area contributed by atoms with Crippen LogP contribution in [0.15, 0.2) is 23.3 Å². The van der Waals surface area contributed by atoms with Gasteiger partial charge in [0.1, 0.15) is 5.75 Å². The van der Waals surface area contributed by atoms with Crippen LogP contribution in [0.3, 0.4) is 0 Å². The van der Waals surface area contributed by atoms with E-state index in [4.69, 9.17) is 4.74 Å². The second-order valence-corrected chi connectivity index (χ2v) is 6.94. The molecule has 2 N–H and O–H groups in total. The van der Waals surface area contributed by atoms with E-state index < -0.39 is 12.1 Å². The van der Waals surface area contributed by atoms with Crippen LogP contribution in [0, 0.1) is 11.8 Å². The zero-order chi connectivity index (χ0) is 19.3. The van der Waals surface area contributed by atoms with Gasteiger partial charge >= 0.3 is 12.1 Å². The number of amides is 1. The summed E-state index contributed by atoms with van der Waals surface area (Å²) in [4.78, 5) is 30.9. The summed E-state index contributed by atoms with van der Waals surface area (Å²) in [6.07, 6.45) is -2.78. The standard InChI is InChI=1S/C17H17F3N4O3/c1-27-13-4-11-10(15(25)22-7-21-11)3-12(13)23-14-8-2-9(14)6-24(5-8)16(26)17(18,19)20/h3-4,7-9,14,23H,2,5-6H2,1H3,(H,21,22,25)/t8-,9+,14?. The van der Waals surface area contributed by atoms with Crippen LogP contribution in [0.5, 0.6) is 5.75 Å². The predicted octanol–water partition coefficient (Wildman–Crippen LogP) is 1.75. The Balaban J connectivity index is 1.55. The van der Waals surface area contributed by atoms with Crippen LogP contribution in [0.1, 0.15) is 6.42 Å². The van der Waals surface area contributed by atoms with Gasteiger partial charge in [0, 0.05) is 25.2 Å². The molecule has 1 aromatic carbocycles. The number of hydrogen-bond acceptors (Lipinski definition) is 5. The highest BCUT2D eigenvalue weighted by Gasteiger charge is 2.52. The van der Waals surface area contributed by atoms with Crippen molar-refractivity contribution in [3.63, 3.8) is 0 Å². The molecule has 1 saturated heterocycles. The Morgan fingerprint density at radius 3 is 2.67 bits per heavy atom. The van der Waals surface area contributed by atoms with Gasteiger partial charge in [-0.15, -0.1) is 0 Å². The maximum atomic E-state index is 12.6. The predicted molar refractivity (Wildman–Crippen MR) is 90.6 cm³/mol. The Kier molecular flexibility index (Phi) is 4.01. The fraction of sp³-hybridized carbons (Fsp3) is 0.471. The minimum Gasteiger partial charge on any atom is -0.495 e. The van der Waals surface area contributed by atoms with Crippen LogP contribution >= 0.6 is 0 Å². The fourth-order valence-corrected chi connectivity index (χ4v) is 4.03. The van der Waals surface area contributed by atoms with Crippen molar-refractivity contribution < 1.29 is 22.7 Å². The molecular formula is C17H17F3N4O3. The van der Waals surface area contributed by atoms with E-state index in [1.807, 2.05) is 0 Å². The third-order valence-corrected chi connectivity index (χ3v) is 5.34. The highest BCUT2D eigenvalue weighted by molar-refractivity contribution is 5.85. The van der Waals surface area contributed by atoms with Crippen LogP contribution < -0.4 is 15.6 Å². The van der Waals surface area contributed by atoms with Gasteiger partial charge in [-0.05, 0) is 24.3 Å². The summed E-state index contributed by atoms with van der Waals surface area (Å²) in [6.45, 7) is 0.120. The Hall–Kier alpha value is -2.78. The van der Waals surface area contributed by atoms with Gasteiger partial charge in [0.25, 0.3) is 5.56 Å². The SMILES string of the molecule is COc1cc2nc[nH]c(=O)c2cc1NC1[C@@H]2C[C@H]1CN(C(=O)C(F)(F)F)C2. The second kappa shape index (κ2) is 6.14. The topological polar surface area (TPSA) is 87.3 Å². The number of rotatable bonds is 3. The number of benzene rings is 1. The van der Waals surface area contributed by atoms with E-state index in [1.165, 1.54) is 13.4 Å². The summed E-state index contributed by atoms with van der Waals surface area (Å²) in [5, 5.41) is 3.68. The van der Waals surface area contributed by atoms with Gasteiger partial charge in [-0.25, -0.2) is 4.98 Å². The molecule has 1 unspecified atom stereocenters. The van der Waals surface area contributed by atoms with Crippen molar-refractivity contribution in [1.29, 1.82) is 0 Å². The molecule has 7 nitrogen and oxygen atoms in total. The Labute approximate surface area is 151 Å². The number of H-pyrrole nitrogens is 1. The summed E-state index contributed by atoms with van der Waals surface area (Å²) in [5.41, 5.74) is 0.775. The molecule has 4 rings (SSSR count). The first-order valence-corrected chi connectivity index (χ1v) is 8.46. The summed E-state index contributed by atoms with van der Waals surface area (Å²) < 4.78 is 43.3. The molecule has 1 aliphatic heterocycles. The molecule has 27 heavy (non-hydrogen) atoms. The number of alkyl halides is 3. The average molecular weight is 382 g/mol. The zero-order valence-electron chi connectivity index (χ0n) is 14.3. The van der Waals surface area contributed by atoms with Gasteiger partial charge in [0.15, 0.2) is 0 Å². The first kappa shape index (κ1) is 17.6. The lowest BCUT2D eigenvalue weighted by Crippen LogP contribution is -2.63. The molecule has 1 aromatic heterocycles. The van der Waals surface area contributed by atoms with Gasteiger partial charge < -0.3 is 19.9 Å². The number of halogens is 3. The number of anilines is 1. The number of fused-ring (bicyclic) bond motifs is 3. The summed E-state index contributed by atoms with van der Waals surface area (Å²) in [5.74, 6) is -1.45. The molecule has 0 radical (unpaired) electrons. The minimum atomic E-state index is -4.84. The lowest BCUT2D eigenvalue weighted by atomic mass is 9.66. The first-order chi connectivity index (χ1) is 12.8. The Morgan fingerprint density at radius 2 is 2.04 bits per heavy atom. The molecule has 1 aliphatic carbocycles. The van der Waals surface area contributed by atoms with E-state index in [0.29, 0.717) is 22.3 Å². The van der Waals surface area contributed by atoms with Crippen molar-refractivity contribution in [1.82, 2.24) is 14.9 Å². The third kappa shape index (κ3) is 2.98. The number of methoxy groups -OCH3 is 1. The molecule has 10 heteroatoms. The number of carbonyl (C=O) groups excluding carboxylic acids is 1. The smallest absolute Gasteiger partial charge is 0.471 e. The lowest BCUT2D eigenvalue weighted by molar-refractivity contribution is -0.191. The van der Waals surface area contributed by atoms with E-state index >= 15 is 0 Å². The molecule has 3 atom stereocenters. The number of aromatic nitrogens is 2. The third-order valence-electron chi connectivity index (χ3n) is 5.34. The number of carbonyl (C=O) groups is 1. The van der Waals surface area contributed by atoms with Crippen LogP contribution in [0.25, 0.3) is 10.9 Å². The van der Waals surface area contributed by atoms with Gasteiger partial charge in [-0.3, -0.25) is 9.59 Å². The van der Waals surface area contributed by atoms with E-state index in [2.05, 4.69) is 15.3 Å². The van der Waals surface area contributed by atoms with Gasteiger partial charge in [0.2, 0.25) is 0 Å². The number of likely N-dealkylation sites (tertiary alicyclic amines) is 1. The summed E-state index contributed by atoms with van der Waals surface area (Å²) in [7, 11) is 1.49. The zero-order valence-corrected chi connectivity index (χ0v) is 14.3. The van der Waals surface area contributed by atoms with Crippen molar-refractivity contribution in [2.75, 3.05) is 25.5 Å². The van der Waals surface area contributed by atoms with Crippen LogP contribution in [0.4, 0.5) is 18.9 Å². The maximum absolute atomic E-state index is 12.6. The van der Waals surface area contributed by atoms with Gasteiger partial charge in [-0.2, -0.15) is 13.2 Å². The highest BCUT2D eigenvalue weighted by Crippen LogP contribution is 2.44. The highest BCUT2D eigenvalue weighted by atomic mass is 19.4. The van der Waals surface area contributed by atoms with Crippen molar-refractivity contribution in [2.24, 2.45) is 11.8 Å². The number of ether oxygens (including phenoxy) is 1. The molecule has 1 amide bonds. The molecular weight excluding hydrogens is 365 g/mol. The molecule has 2 heterocycles. The number of aromatic amines is 1. The number of hydrogen-bond donors (Lipinski definition) is 2. The summed E-state index contributed by atoms with van der Waals surface area (Å²) >= 11 is 0. The van der Waals surface area contributed by atoms with Gasteiger partial charge in [-0.1, -0.05) is 0 Å². The molecule has 2 aromatic rings. The van der Waals surface area contributed by atoms with E-state index in [0.717, 1.165) is 11.3 Å². The molecule has 2 aliphatic rings. The van der Waals surface area contributed by atoms with Crippen molar-refractivity contribution in [2.45, 2.75) is 18.6 Å². The lowest BCUT2D eigenvalue weighted by Gasteiger charge is -2.54.